The Hall–Kier alpha value is -4.25. The van der Waals surface area contributed by atoms with Crippen molar-refractivity contribution in [3.8, 4) is 22.5 Å². The van der Waals surface area contributed by atoms with Crippen LogP contribution in [-0.2, 0) is 16.4 Å². The van der Waals surface area contributed by atoms with E-state index in [4.69, 9.17) is 0 Å². The minimum Gasteiger partial charge on any atom is -0.357 e. The molecule has 0 radical (unpaired) electrons. The van der Waals surface area contributed by atoms with Gasteiger partial charge >= 0.3 is 0 Å². The minimum atomic E-state index is -3.47. The Morgan fingerprint density at radius 2 is 1.34 bits per heavy atom. The molecular formula is C33H40F2N6O2S. The fourth-order valence-electron chi connectivity index (χ4n) is 4.54. The predicted octanol–water partition coefficient (Wildman–Crippen LogP) is 7.29. The lowest BCUT2D eigenvalue weighted by atomic mass is 9.96. The molecule has 2 aromatic heterocycles. The normalized spacial score (nSPS) is 11.3. The first-order chi connectivity index (χ1) is 20.7. The second-order valence-electron chi connectivity index (χ2n) is 10.9. The van der Waals surface area contributed by atoms with Crippen LogP contribution < -0.4 is 9.62 Å². The van der Waals surface area contributed by atoms with Crippen LogP contribution in [0, 0.1) is 18.6 Å². The van der Waals surface area contributed by atoms with Crippen LogP contribution in [0.1, 0.15) is 62.0 Å². The van der Waals surface area contributed by atoms with Gasteiger partial charge in [-0.3, -0.25) is 0 Å². The molecule has 0 amide bonds. The number of allylic oxidation sites excluding steroid dienone is 1. The maximum absolute atomic E-state index is 13.2. The standard InChI is InChI=1S/C17H20FN3.C16H20FN3O2S/c1-5-6-14-15(11(2)3)20-17(19-4)21-16(14)12-7-9-13(18)10-8-12;1-10(2)14-11(3)15(12-6-8-13(17)9-7-12)19-16(18-14)20(4)23(5,21)22/h5,7-11H,1,6H2,2-4H3,(H,19,20,21);6-10H,1-5H3. The fraction of sp³-hybridized carbons (Fsp3) is 0.333. The average molecular weight is 623 g/mol. The van der Waals surface area contributed by atoms with Gasteiger partial charge in [0.15, 0.2) is 0 Å². The molecule has 4 rings (SSSR count). The summed E-state index contributed by atoms with van der Waals surface area (Å²) in [6.07, 6.45) is 3.63. The van der Waals surface area contributed by atoms with Gasteiger partial charge in [0.05, 0.1) is 29.0 Å². The third-order valence-corrected chi connectivity index (χ3v) is 8.05. The number of sulfonamides is 1. The molecule has 0 aliphatic carbocycles. The zero-order chi connectivity index (χ0) is 32.8. The van der Waals surface area contributed by atoms with Crippen molar-refractivity contribution in [1.29, 1.82) is 0 Å². The number of hydrogen-bond acceptors (Lipinski definition) is 7. The van der Waals surface area contributed by atoms with Crippen LogP contribution in [0.2, 0.25) is 0 Å². The van der Waals surface area contributed by atoms with Crippen LogP contribution in [0.5, 0.6) is 0 Å². The van der Waals surface area contributed by atoms with Gasteiger partial charge in [0, 0.05) is 30.8 Å². The second-order valence-corrected chi connectivity index (χ2v) is 13.0. The van der Waals surface area contributed by atoms with Crippen molar-refractivity contribution < 1.29 is 17.2 Å². The molecule has 0 aliphatic heterocycles. The zero-order valence-electron chi connectivity index (χ0n) is 26.5. The minimum absolute atomic E-state index is 0.101. The van der Waals surface area contributed by atoms with Gasteiger partial charge in [0.2, 0.25) is 21.9 Å². The molecule has 0 spiro atoms. The Morgan fingerprint density at radius 3 is 1.77 bits per heavy atom. The monoisotopic (exact) mass is 622 g/mol. The summed E-state index contributed by atoms with van der Waals surface area (Å²) < 4.78 is 50.9. The van der Waals surface area contributed by atoms with E-state index in [1.807, 2.05) is 26.8 Å². The molecule has 0 aliphatic rings. The van der Waals surface area contributed by atoms with Crippen molar-refractivity contribution in [2.45, 2.75) is 52.9 Å². The van der Waals surface area contributed by atoms with E-state index < -0.39 is 10.0 Å². The highest BCUT2D eigenvalue weighted by molar-refractivity contribution is 7.92. The summed E-state index contributed by atoms with van der Waals surface area (Å²) in [6.45, 7) is 13.9. The fourth-order valence-corrected chi connectivity index (χ4v) is 4.92. The lowest BCUT2D eigenvalue weighted by Gasteiger charge is -2.20. The Balaban J connectivity index is 0.000000241. The molecule has 0 unspecified atom stereocenters. The highest BCUT2D eigenvalue weighted by Crippen LogP contribution is 2.31. The number of halogens is 2. The summed E-state index contributed by atoms with van der Waals surface area (Å²) in [5.41, 5.74) is 6.71. The number of hydrogen-bond donors (Lipinski definition) is 1. The maximum Gasteiger partial charge on any atom is 0.239 e. The lowest BCUT2D eigenvalue weighted by Crippen LogP contribution is -2.27. The number of nitrogens with one attached hydrogen (secondary N) is 1. The largest absolute Gasteiger partial charge is 0.357 e. The second kappa shape index (κ2) is 14.5. The molecule has 2 aromatic carbocycles. The van der Waals surface area contributed by atoms with Gasteiger partial charge in [-0.1, -0.05) is 33.8 Å². The highest BCUT2D eigenvalue weighted by Gasteiger charge is 2.21. The first-order valence-corrected chi connectivity index (χ1v) is 16.1. The zero-order valence-corrected chi connectivity index (χ0v) is 27.3. The Bertz CT molecular complexity index is 1710. The van der Waals surface area contributed by atoms with Gasteiger partial charge in [0.25, 0.3) is 0 Å². The lowest BCUT2D eigenvalue weighted by molar-refractivity contribution is 0.599. The summed E-state index contributed by atoms with van der Waals surface area (Å²) in [5, 5.41) is 2.99. The molecular weight excluding hydrogens is 582 g/mol. The molecule has 1 N–H and O–H groups in total. The van der Waals surface area contributed by atoms with E-state index in [1.54, 1.807) is 31.3 Å². The summed E-state index contributed by atoms with van der Waals surface area (Å²) in [7, 11) is -0.261. The van der Waals surface area contributed by atoms with E-state index in [1.165, 1.54) is 31.3 Å². The summed E-state index contributed by atoms with van der Waals surface area (Å²) in [5.74, 6) is 0.471. The van der Waals surface area contributed by atoms with E-state index in [0.717, 1.165) is 49.9 Å². The van der Waals surface area contributed by atoms with Crippen LogP contribution in [0.4, 0.5) is 20.7 Å². The Kier molecular flexibility index (Phi) is 11.3. The summed E-state index contributed by atoms with van der Waals surface area (Å²) in [6, 6.07) is 12.3. The highest BCUT2D eigenvalue weighted by atomic mass is 32.2. The van der Waals surface area contributed by atoms with Crippen molar-refractivity contribution in [3.63, 3.8) is 0 Å². The van der Waals surface area contributed by atoms with Gasteiger partial charge in [-0.05, 0) is 79.3 Å². The van der Waals surface area contributed by atoms with Gasteiger partial charge in [-0.15, -0.1) is 6.58 Å². The number of anilines is 2. The molecule has 0 atom stereocenters. The number of rotatable bonds is 9. The van der Waals surface area contributed by atoms with Gasteiger partial charge < -0.3 is 5.32 Å². The maximum atomic E-state index is 13.2. The van der Waals surface area contributed by atoms with Crippen molar-refractivity contribution in [2.24, 2.45) is 0 Å². The number of aromatic nitrogens is 4. The van der Waals surface area contributed by atoms with Crippen LogP contribution in [0.3, 0.4) is 0 Å². The number of benzene rings is 2. The molecule has 44 heavy (non-hydrogen) atoms. The third kappa shape index (κ3) is 8.22. The van der Waals surface area contributed by atoms with Crippen LogP contribution in [-0.4, -0.2) is 48.7 Å². The quantitative estimate of drug-likeness (QED) is 0.196. The van der Waals surface area contributed by atoms with Crippen LogP contribution in [0.25, 0.3) is 22.5 Å². The van der Waals surface area contributed by atoms with E-state index >= 15 is 0 Å². The Labute approximate surface area is 259 Å². The van der Waals surface area contributed by atoms with E-state index in [0.29, 0.717) is 18.1 Å². The van der Waals surface area contributed by atoms with Gasteiger partial charge in [-0.2, -0.15) is 0 Å². The van der Waals surface area contributed by atoms with Crippen LogP contribution >= 0.6 is 0 Å². The first-order valence-electron chi connectivity index (χ1n) is 14.2. The SMILES string of the molecule is C=CCc1c(-c2ccc(F)cc2)nc(NC)nc1C(C)C.Cc1c(-c2ccc(F)cc2)nc(N(C)S(C)(=O)=O)nc1C(C)C. The topological polar surface area (TPSA) is 101 Å². The van der Waals surface area contributed by atoms with Crippen molar-refractivity contribution in [1.82, 2.24) is 19.9 Å². The molecule has 0 fully saturated rings. The molecule has 8 nitrogen and oxygen atoms in total. The first kappa shape index (κ1) is 34.2. The molecule has 234 valence electrons. The molecule has 11 heteroatoms. The van der Waals surface area contributed by atoms with Gasteiger partial charge in [0.1, 0.15) is 11.6 Å². The predicted molar refractivity (Wildman–Crippen MR) is 174 cm³/mol. The molecule has 2 heterocycles. The Morgan fingerprint density at radius 1 is 0.841 bits per heavy atom. The van der Waals surface area contributed by atoms with Crippen molar-refractivity contribution in [2.75, 3.05) is 30.0 Å². The van der Waals surface area contributed by atoms with Crippen LogP contribution in [0.15, 0.2) is 61.2 Å². The van der Waals surface area contributed by atoms with Crippen molar-refractivity contribution >= 4 is 21.9 Å². The van der Waals surface area contributed by atoms with Gasteiger partial charge in [-0.25, -0.2) is 41.4 Å². The molecule has 4 aromatic rings. The van der Waals surface area contributed by atoms with Crippen molar-refractivity contribution in [3.05, 3.63) is 95.3 Å². The summed E-state index contributed by atoms with van der Waals surface area (Å²) in [4.78, 5) is 17.9. The average Bonchev–Trinajstić information content (AvgIpc) is 2.97. The number of nitrogens with zero attached hydrogens (tertiary/aromatic N) is 5. The smallest absolute Gasteiger partial charge is 0.239 e. The molecule has 0 saturated heterocycles. The molecule has 0 bridgehead atoms. The van der Waals surface area contributed by atoms with E-state index in [9.17, 15) is 17.2 Å². The molecule has 0 saturated carbocycles. The summed E-state index contributed by atoms with van der Waals surface area (Å²) >= 11 is 0. The third-order valence-electron chi connectivity index (χ3n) is 6.89. The van der Waals surface area contributed by atoms with E-state index in [2.05, 4.69) is 45.7 Å². The van der Waals surface area contributed by atoms with E-state index in [-0.39, 0.29) is 29.4 Å².